The molecule has 4 heteroatoms. The van der Waals surface area contributed by atoms with Gasteiger partial charge in [-0.15, -0.1) is 0 Å². The molecule has 1 rings (SSSR count). The van der Waals surface area contributed by atoms with E-state index in [2.05, 4.69) is 4.98 Å². The molecule has 1 aromatic rings. The first-order valence-corrected chi connectivity index (χ1v) is 4.58. The molecule has 1 unspecified atom stereocenters. The maximum absolute atomic E-state index is 11.6. The second kappa shape index (κ2) is 4.72. The van der Waals surface area contributed by atoms with E-state index in [4.69, 9.17) is 5.73 Å². The van der Waals surface area contributed by atoms with Crippen LogP contribution in [0.1, 0.15) is 30.1 Å². The summed E-state index contributed by atoms with van der Waals surface area (Å²) in [6, 6.07) is 1.55. The first-order chi connectivity index (χ1) is 6.66. The number of nitrogens with zero attached hydrogens (tertiary/aromatic N) is 1. The van der Waals surface area contributed by atoms with E-state index in [1.165, 1.54) is 12.4 Å². The van der Waals surface area contributed by atoms with Crippen LogP contribution in [0.15, 0.2) is 18.5 Å². The number of aromatic nitrogens is 1. The highest BCUT2D eigenvalue weighted by atomic mass is 16.3. The van der Waals surface area contributed by atoms with Crippen LogP contribution in [-0.4, -0.2) is 22.0 Å². The molecule has 0 aliphatic rings. The highest BCUT2D eigenvalue weighted by Crippen LogP contribution is 2.13. The maximum Gasteiger partial charge on any atom is 0.194 e. The third-order valence-electron chi connectivity index (χ3n) is 1.99. The summed E-state index contributed by atoms with van der Waals surface area (Å²) in [5.41, 5.74) is 6.24. The summed E-state index contributed by atoms with van der Waals surface area (Å²) in [5, 5.41) is 9.46. The minimum atomic E-state index is -0.966. The zero-order chi connectivity index (χ0) is 10.6. The average molecular weight is 194 g/mol. The third-order valence-corrected chi connectivity index (χ3v) is 1.99. The number of hydrogen-bond donors (Lipinski definition) is 2. The number of aliphatic hydroxyl groups is 1. The molecule has 14 heavy (non-hydrogen) atoms. The lowest BCUT2D eigenvalue weighted by atomic mass is 10.0. The van der Waals surface area contributed by atoms with Crippen molar-refractivity contribution in [3.05, 3.63) is 24.0 Å². The summed E-state index contributed by atoms with van der Waals surface area (Å²) in [7, 11) is 0. The number of rotatable bonds is 4. The number of aliphatic hydroxyl groups excluding tert-OH is 1. The molecule has 3 N–H and O–H groups in total. The molecular formula is C10H14N2O2. The van der Waals surface area contributed by atoms with Gasteiger partial charge in [-0.3, -0.25) is 9.78 Å². The van der Waals surface area contributed by atoms with Crippen molar-refractivity contribution >= 4 is 11.5 Å². The second-order valence-corrected chi connectivity index (χ2v) is 3.13. The van der Waals surface area contributed by atoms with Crippen LogP contribution < -0.4 is 5.73 Å². The van der Waals surface area contributed by atoms with Gasteiger partial charge in [-0.1, -0.05) is 13.3 Å². The van der Waals surface area contributed by atoms with E-state index >= 15 is 0 Å². The average Bonchev–Trinajstić information content (AvgIpc) is 2.18. The van der Waals surface area contributed by atoms with Crippen LogP contribution in [0.5, 0.6) is 0 Å². The lowest BCUT2D eigenvalue weighted by Gasteiger charge is -2.09. The van der Waals surface area contributed by atoms with Crippen molar-refractivity contribution in [1.29, 1.82) is 0 Å². The Hall–Kier alpha value is -1.42. The minimum absolute atomic E-state index is 0.299. The van der Waals surface area contributed by atoms with E-state index in [9.17, 15) is 9.90 Å². The molecular weight excluding hydrogens is 180 g/mol. The van der Waals surface area contributed by atoms with Crippen LogP contribution in [0.25, 0.3) is 0 Å². The van der Waals surface area contributed by atoms with Gasteiger partial charge in [-0.2, -0.15) is 0 Å². The van der Waals surface area contributed by atoms with Gasteiger partial charge in [0.1, 0.15) is 6.10 Å². The van der Waals surface area contributed by atoms with Crippen LogP contribution in [0.3, 0.4) is 0 Å². The Kier molecular flexibility index (Phi) is 3.59. The van der Waals surface area contributed by atoms with E-state index in [1.54, 1.807) is 6.07 Å². The van der Waals surface area contributed by atoms with Crippen molar-refractivity contribution in [3.8, 4) is 0 Å². The summed E-state index contributed by atoms with van der Waals surface area (Å²) in [6.45, 7) is 1.91. The molecule has 0 aromatic carbocycles. The Morgan fingerprint density at radius 1 is 1.71 bits per heavy atom. The normalized spacial score (nSPS) is 12.4. The summed E-state index contributed by atoms with van der Waals surface area (Å²) in [4.78, 5) is 15.4. The molecule has 1 aromatic heterocycles. The lowest BCUT2D eigenvalue weighted by Crippen LogP contribution is -2.21. The van der Waals surface area contributed by atoms with Crippen molar-refractivity contribution in [1.82, 2.24) is 4.98 Å². The fourth-order valence-electron chi connectivity index (χ4n) is 1.20. The Bertz CT molecular complexity index is 326. The fourth-order valence-corrected chi connectivity index (χ4v) is 1.20. The molecule has 0 aliphatic heterocycles. The van der Waals surface area contributed by atoms with Gasteiger partial charge in [-0.05, 0) is 12.5 Å². The Morgan fingerprint density at radius 2 is 2.43 bits per heavy atom. The number of ketones is 1. The molecule has 0 amide bonds. The molecule has 0 fully saturated rings. The van der Waals surface area contributed by atoms with Crippen molar-refractivity contribution in [2.45, 2.75) is 25.9 Å². The standard InChI is InChI=1S/C10H14N2O2/c1-2-3-9(13)10(14)7-6-12-5-4-8(7)11/h4-6,9,13H,2-3H2,1H3,(H2,11,12). The predicted molar refractivity (Wildman–Crippen MR) is 53.9 cm³/mol. The molecule has 76 valence electrons. The zero-order valence-corrected chi connectivity index (χ0v) is 8.10. The number of nitrogen functional groups attached to an aromatic ring is 1. The molecule has 0 bridgehead atoms. The fraction of sp³-hybridized carbons (Fsp3) is 0.400. The second-order valence-electron chi connectivity index (χ2n) is 3.13. The summed E-state index contributed by atoms with van der Waals surface area (Å²) < 4.78 is 0. The summed E-state index contributed by atoms with van der Waals surface area (Å²) in [5.74, 6) is -0.350. The van der Waals surface area contributed by atoms with Gasteiger partial charge < -0.3 is 10.8 Å². The van der Waals surface area contributed by atoms with Gasteiger partial charge in [0.2, 0.25) is 0 Å². The van der Waals surface area contributed by atoms with Crippen molar-refractivity contribution in [2.24, 2.45) is 0 Å². The SMILES string of the molecule is CCCC(O)C(=O)c1cnccc1N. The van der Waals surface area contributed by atoms with Crippen LogP contribution in [0.2, 0.25) is 0 Å². The summed E-state index contributed by atoms with van der Waals surface area (Å²) >= 11 is 0. The number of nitrogens with two attached hydrogens (primary N) is 1. The van der Waals surface area contributed by atoms with Crippen molar-refractivity contribution in [2.75, 3.05) is 5.73 Å². The molecule has 0 aliphatic carbocycles. The molecule has 1 atom stereocenters. The van der Waals surface area contributed by atoms with Gasteiger partial charge in [0.15, 0.2) is 5.78 Å². The number of carbonyl (C=O) groups is 1. The molecule has 0 saturated carbocycles. The van der Waals surface area contributed by atoms with Gasteiger partial charge in [-0.25, -0.2) is 0 Å². The quantitative estimate of drug-likeness (QED) is 0.701. The van der Waals surface area contributed by atoms with Crippen molar-refractivity contribution < 1.29 is 9.90 Å². The minimum Gasteiger partial charge on any atom is -0.398 e. The first kappa shape index (κ1) is 10.7. The highest BCUT2D eigenvalue weighted by molar-refractivity contribution is 6.03. The molecule has 4 nitrogen and oxygen atoms in total. The van der Waals surface area contributed by atoms with Gasteiger partial charge in [0, 0.05) is 18.1 Å². The summed E-state index contributed by atoms with van der Waals surface area (Å²) in [6.07, 6.45) is 3.14. The van der Waals surface area contributed by atoms with E-state index in [0.29, 0.717) is 17.7 Å². The van der Waals surface area contributed by atoms with Crippen LogP contribution in [0, 0.1) is 0 Å². The Morgan fingerprint density at radius 3 is 3.00 bits per heavy atom. The number of hydrogen-bond acceptors (Lipinski definition) is 4. The number of Topliss-reactive ketones (excluding diaryl/α,β-unsaturated/α-hetero) is 1. The molecule has 0 spiro atoms. The van der Waals surface area contributed by atoms with Crippen molar-refractivity contribution in [3.63, 3.8) is 0 Å². The highest BCUT2D eigenvalue weighted by Gasteiger charge is 2.18. The lowest BCUT2D eigenvalue weighted by molar-refractivity contribution is 0.0730. The van der Waals surface area contributed by atoms with E-state index in [1.807, 2.05) is 6.92 Å². The molecule has 1 heterocycles. The maximum atomic E-state index is 11.6. The van der Waals surface area contributed by atoms with Gasteiger partial charge in [0.05, 0.1) is 5.56 Å². The van der Waals surface area contributed by atoms with Crippen LogP contribution in [-0.2, 0) is 0 Å². The Balaban J connectivity index is 2.84. The monoisotopic (exact) mass is 194 g/mol. The van der Waals surface area contributed by atoms with Gasteiger partial charge >= 0.3 is 0 Å². The van der Waals surface area contributed by atoms with E-state index in [0.717, 1.165) is 6.42 Å². The first-order valence-electron chi connectivity index (χ1n) is 4.58. The van der Waals surface area contributed by atoms with E-state index in [-0.39, 0.29) is 5.78 Å². The predicted octanol–water partition coefficient (Wildman–Crippen LogP) is 1.01. The topological polar surface area (TPSA) is 76.2 Å². The van der Waals surface area contributed by atoms with Crippen LogP contribution >= 0.6 is 0 Å². The third kappa shape index (κ3) is 2.29. The number of carbonyl (C=O) groups excluding carboxylic acids is 1. The number of pyridine rings is 1. The molecule has 0 radical (unpaired) electrons. The Labute approximate surface area is 82.8 Å². The zero-order valence-electron chi connectivity index (χ0n) is 8.10. The molecule has 0 saturated heterocycles. The van der Waals surface area contributed by atoms with E-state index < -0.39 is 6.10 Å². The van der Waals surface area contributed by atoms with Gasteiger partial charge in [0.25, 0.3) is 0 Å². The van der Waals surface area contributed by atoms with Crippen LogP contribution in [0.4, 0.5) is 5.69 Å². The largest absolute Gasteiger partial charge is 0.398 e. The smallest absolute Gasteiger partial charge is 0.194 e. The number of anilines is 1.